The summed E-state index contributed by atoms with van der Waals surface area (Å²) in [7, 11) is 0. The van der Waals surface area contributed by atoms with Crippen molar-refractivity contribution in [1.82, 2.24) is 10.6 Å². The van der Waals surface area contributed by atoms with Crippen LogP contribution in [0.3, 0.4) is 0 Å². The molecule has 1 heterocycles. The molecule has 1 saturated heterocycles. The summed E-state index contributed by atoms with van der Waals surface area (Å²) in [5.41, 5.74) is -4.04. The molecule has 0 aliphatic carbocycles. The van der Waals surface area contributed by atoms with E-state index >= 15 is 0 Å². The number of hydrogen-bond acceptors (Lipinski definition) is 4. The van der Waals surface area contributed by atoms with Crippen LogP contribution < -0.4 is 10.6 Å². The zero-order valence-electron chi connectivity index (χ0n) is 15.9. The van der Waals surface area contributed by atoms with Gasteiger partial charge in [0.1, 0.15) is 11.7 Å². The molecule has 3 atom stereocenters. The number of carbonyl (C=O) groups is 2. The monoisotopic (exact) mass is 430 g/mol. The molecule has 0 unspecified atom stereocenters. The minimum absolute atomic E-state index is 0.0853. The zero-order chi connectivity index (χ0) is 22.4. The van der Waals surface area contributed by atoms with Crippen LogP contribution in [-0.4, -0.2) is 33.9 Å². The molecule has 1 fully saturated rings. The van der Waals surface area contributed by atoms with Crippen molar-refractivity contribution in [3.63, 3.8) is 0 Å². The summed E-state index contributed by atoms with van der Waals surface area (Å²) < 4.78 is 42.1. The Bertz CT molecular complexity index is 1170. The fourth-order valence-corrected chi connectivity index (χ4v) is 3.97. The summed E-state index contributed by atoms with van der Waals surface area (Å²) in [5, 5.41) is 25.9. The number of rotatable bonds is 3. The molecule has 0 radical (unpaired) electrons. The molecule has 3 aromatic carbocycles. The van der Waals surface area contributed by atoms with Gasteiger partial charge in [0.05, 0.1) is 6.04 Å². The van der Waals surface area contributed by atoms with Gasteiger partial charge in [-0.2, -0.15) is 13.2 Å². The number of benzene rings is 3. The molecule has 0 spiro atoms. The van der Waals surface area contributed by atoms with Crippen LogP contribution in [0.2, 0.25) is 0 Å². The zero-order valence-corrected chi connectivity index (χ0v) is 15.9. The van der Waals surface area contributed by atoms with E-state index in [0.717, 1.165) is 0 Å². The Hall–Kier alpha value is -3.59. The maximum Gasteiger partial charge on any atom is 0.437 e. The van der Waals surface area contributed by atoms with E-state index in [1.807, 2.05) is 0 Å². The van der Waals surface area contributed by atoms with Crippen molar-refractivity contribution in [3.8, 4) is 5.75 Å². The van der Waals surface area contributed by atoms with Crippen LogP contribution >= 0.6 is 0 Å². The summed E-state index contributed by atoms with van der Waals surface area (Å²) in [6, 6.07) is 13.5. The summed E-state index contributed by atoms with van der Waals surface area (Å²) in [6.07, 6.45) is -5.38. The number of aliphatic hydroxyl groups is 1. The topological polar surface area (TPSA) is 98.7 Å². The number of halogens is 3. The van der Waals surface area contributed by atoms with E-state index < -0.39 is 41.4 Å². The van der Waals surface area contributed by atoms with E-state index in [1.165, 1.54) is 35.6 Å². The Morgan fingerprint density at radius 1 is 0.968 bits per heavy atom. The molecule has 2 amide bonds. The van der Waals surface area contributed by atoms with Crippen molar-refractivity contribution in [1.29, 1.82) is 0 Å². The van der Waals surface area contributed by atoms with Crippen LogP contribution in [0.25, 0.3) is 10.8 Å². The molecule has 4 N–H and O–H groups in total. The van der Waals surface area contributed by atoms with Gasteiger partial charge >= 0.3 is 12.2 Å². The lowest BCUT2D eigenvalue weighted by molar-refractivity contribution is -0.287. The predicted molar refractivity (Wildman–Crippen MR) is 105 cm³/mol. The summed E-state index contributed by atoms with van der Waals surface area (Å²) >= 11 is 0. The Morgan fingerprint density at radius 2 is 1.61 bits per heavy atom. The van der Waals surface area contributed by atoms with Gasteiger partial charge in [0.2, 0.25) is 5.72 Å². The Morgan fingerprint density at radius 3 is 2.29 bits per heavy atom. The highest BCUT2D eigenvalue weighted by Gasteiger charge is 2.66. The molecule has 0 bridgehead atoms. The van der Waals surface area contributed by atoms with Crippen molar-refractivity contribution < 1.29 is 33.0 Å². The van der Waals surface area contributed by atoms with Gasteiger partial charge in [0.25, 0.3) is 0 Å². The minimum Gasteiger partial charge on any atom is -0.508 e. The van der Waals surface area contributed by atoms with E-state index in [2.05, 4.69) is 5.32 Å². The maximum atomic E-state index is 14.0. The molecule has 160 valence electrons. The molecular weight excluding hydrogens is 413 g/mol. The van der Waals surface area contributed by atoms with Crippen LogP contribution in [0.15, 0.2) is 66.7 Å². The second-order valence-corrected chi connectivity index (χ2v) is 7.27. The van der Waals surface area contributed by atoms with Crippen molar-refractivity contribution in [2.24, 2.45) is 5.92 Å². The third kappa shape index (κ3) is 3.36. The van der Waals surface area contributed by atoms with Gasteiger partial charge in [-0.1, -0.05) is 60.7 Å². The second kappa shape index (κ2) is 7.28. The predicted octanol–water partition coefficient (Wildman–Crippen LogP) is 3.65. The van der Waals surface area contributed by atoms with Crippen LogP contribution in [-0.2, 0) is 0 Å². The first-order chi connectivity index (χ1) is 14.6. The molecule has 31 heavy (non-hydrogen) atoms. The molecule has 3 aromatic rings. The quantitative estimate of drug-likeness (QED) is 0.477. The first-order valence-electron chi connectivity index (χ1n) is 9.31. The van der Waals surface area contributed by atoms with Gasteiger partial charge in [-0.15, -0.1) is 0 Å². The third-order valence-corrected chi connectivity index (χ3v) is 5.41. The average molecular weight is 430 g/mol. The molecular formula is C22H17F3N2O4. The molecule has 0 saturated carbocycles. The number of fused-ring (bicyclic) bond motifs is 1. The summed E-state index contributed by atoms with van der Waals surface area (Å²) in [5.74, 6) is -3.68. The lowest BCUT2D eigenvalue weighted by Gasteiger charge is -2.45. The van der Waals surface area contributed by atoms with Gasteiger partial charge in [-0.3, -0.25) is 4.79 Å². The molecule has 9 heteroatoms. The fraction of sp³-hybridized carbons (Fsp3) is 0.182. The number of hydrogen-bond donors (Lipinski definition) is 4. The van der Waals surface area contributed by atoms with E-state index in [-0.39, 0.29) is 11.1 Å². The highest BCUT2D eigenvalue weighted by molar-refractivity contribution is 6.01. The van der Waals surface area contributed by atoms with Gasteiger partial charge < -0.3 is 20.8 Å². The van der Waals surface area contributed by atoms with Crippen LogP contribution in [0.4, 0.5) is 18.0 Å². The lowest BCUT2D eigenvalue weighted by atomic mass is 9.76. The van der Waals surface area contributed by atoms with Crippen molar-refractivity contribution in [2.45, 2.75) is 17.9 Å². The number of phenols is 1. The largest absolute Gasteiger partial charge is 0.508 e. The number of phenolic OH excluding ortho intramolecular Hbond substituents is 1. The minimum atomic E-state index is -5.38. The van der Waals surface area contributed by atoms with Gasteiger partial charge in [0, 0.05) is 11.1 Å². The number of urea groups is 1. The van der Waals surface area contributed by atoms with E-state index in [4.69, 9.17) is 0 Å². The third-order valence-electron chi connectivity index (χ3n) is 5.41. The highest BCUT2D eigenvalue weighted by Crippen LogP contribution is 2.47. The summed E-state index contributed by atoms with van der Waals surface area (Å²) in [4.78, 5) is 25.5. The van der Waals surface area contributed by atoms with Gasteiger partial charge in [-0.25, -0.2) is 4.79 Å². The van der Waals surface area contributed by atoms with Crippen molar-refractivity contribution >= 4 is 22.6 Å². The van der Waals surface area contributed by atoms with Crippen molar-refractivity contribution in [2.75, 3.05) is 0 Å². The molecule has 6 nitrogen and oxygen atoms in total. The smallest absolute Gasteiger partial charge is 0.437 e. The maximum absolute atomic E-state index is 14.0. The Labute approximate surface area is 174 Å². The number of alkyl halides is 3. The first-order valence-corrected chi connectivity index (χ1v) is 9.31. The number of nitrogens with one attached hydrogen (secondary N) is 2. The normalized spacial score (nSPS) is 23.8. The van der Waals surface area contributed by atoms with Crippen molar-refractivity contribution in [3.05, 3.63) is 77.9 Å². The lowest BCUT2D eigenvalue weighted by Crippen LogP contribution is -2.72. The number of Topliss-reactive ketones (excluding diaryl/α,β-unsaturated/α-hetero) is 1. The van der Waals surface area contributed by atoms with Crippen LogP contribution in [0.1, 0.15) is 22.0 Å². The SMILES string of the molecule is O=C1N[C@H](c2c(O)ccc3ccccc23)[C@@H](C(=O)c2ccccc2)[C@](O)(C(F)(F)F)N1. The first kappa shape index (κ1) is 20.7. The van der Waals surface area contributed by atoms with E-state index in [0.29, 0.717) is 10.8 Å². The van der Waals surface area contributed by atoms with Crippen LogP contribution in [0.5, 0.6) is 5.75 Å². The Balaban J connectivity index is 1.98. The number of amides is 2. The number of aromatic hydroxyl groups is 1. The fourth-order valence-electron chi connectivity index (χ4n) is 3.97. The second-order valence-electron chi connectivity index (χ2n) is 7.27. The molecule has 0 aromatic heterocycles. The number of ketones is 1. The highest BCUT2D eigenvalue weighted by atomic mass is 19.4. The van der Waals surface area contributed by atoms with Crippen LogP contribution in [0, 0.1) is 5.92 Å². The van der Waals surface area contributed by atoms with Gasteiger partial charge in [-0.05, 0) is 16.8 Å². The molecule has 1 aliphatic heterocycles. The summed E-state index contributed by atoms with van der Waals surface area (Å²) in [6.45, 7) is 0. The average Bonchev–Trinajstić information content (AvgIpc) is 2.72. The number of carbonyl (C=O) groups excluding carboxylic acids is 2. The van der Waals surface area contributed by atoms with Gasteiger partial charge in [0.15, 0.2) is 5.78 Å². The van der Waals surface area contributed by atoms with E-state index in [9.17, 15) is 33.0 Å². The standard InChI is InChI=1S/C22H17F3N2O4/c23-22(24,25)21(31)17(19(29)13-7-2-1-3-8-13)18(26-20(30)27-21)16-14-9-5-4-6-12(14)10-11-15(16)28/h1-11,17-18,28,31H,(H2,26,27,30)/t17-,18+,21-/m0/s1. The van der Waals surface area contributed by atoms with E-state index in [1.54, 1.807) is 36.4 Å². The molecule has 4 rings (SSSR count). The Kier molecular flexibility index (Phi) is 4.85. The molecule has 1 aliphatic rings.